The fourth-order valence-electron chi connectivity index (χ4n) is 2.46. The second-order valence-electron chi connectivity index (χ2n) is 4.79. The lowest BCUT2D eigenvalue weighted by Crippen LogP contribution is -2.10. The van der Waals surface area contributed by atoms with Crippen LogP contribution in [0.15, 0.2) is 24.5 Å². The van der Waals surface area contributed by atoms with E-state index in [1.165, 1.54) is 24.1 Å². The molecule has 4 nitrogen and oxygen atoms in total. The topological polar surface area (TPSA) is 42.7 Å². The number of hydrogen-bond donors (Lipinski definition) is 1. The first-order valence-corrected chi connectivity index (χ1v) is 6.52. The van der Waals surface area contributed by atoms with Gasteiger partial charge in [0.05, 0.1) is 0 Å². The van der Waals surface area contributed by atoms with Crippen LogP contribution in [0.2, 0.25) is 0 Å². The van der Waals surface area contributed by atoms with E-state index < -0.39 is 0 Å². The van der Waals surface area contributed by atoms with Crippen molar-refractivity contribution in [3.05, 3.63) is 41.6 Å². The van der Waals surface area contributed by atoms with Crippen LogP contribution in [0.3, 0.4) is 0 Å². The third-order valence-corrected chi connectivity index (χ3v) is 3.50. The zero-order valence-corrected chi connectivity index (χ0v) is 10.7. The molecule has 0 unspecified atom stereocenters. The molecule has 94 valence electrons. The Morgan fingerprint density at radius 2 is 2.28 bits per heavy atom. The zero-order chi connectivity index (χ0) is 12.4. The molecule has 0 saturated heterocycles. The Balaban J connectivity index is 1.59. The summed E-state index contributed by atoms with van der Waals surface area (Å²) in [5.74, 6) is 2.09. The molecular formula is C14H18N4. The Labute approximate surface area is 107 Å². The van der Waals surface area contributed by atoms with Crippen molar-refractivity contribution in [2.75, 3.05) is 11.9 Å². The van der Waals surface area contributed by atoms with Gasteiger partial charge >= 0.3 is 0 Å². The van der Waals surface area contributed by atoms with E-state index in [0.717, 1.165) is 31.0 Å². The first kappa shape index (κ1) is 11.3. The van der Waals surface area contributed by atoms with Gasteiger partial charge < -0.3 is 9.88 Å². The van der Waals surface area contributed by atoms with E-state index in [0.29, 0.717) is 0 Å². The Kier molecular flexibility index (Phi) is 3.00. The third-order valence-electron chi connectivity index (χ3n) is 3.50. The number of pyridine rings is 1. The van der Waals surface area contributed by atoms with Crippen LogP contribution in [-0.4, -0.2) is 21.1 Å². The predicted molar refractivity (Wildman–Crippen MR) is 71.7 cm³/mol. The minimum atomic E-state index is 0.872. The molecule has 0 radical (unpaired) electrons. The molecule has 1 aliphatic rings. The van der Waals surface area contributed by atoms with Crippen molar-refractivity contribution in [2.45, 2.75) is 25.7 Å². The molecule has 0 bridgehead atoms. The summed E-state index contributed by atoms with van der Waals surface area (Å²) in [6.07, 6.45) is 8.30. The molecule has 0 aliphatic heterocycles. The Morgan fingerprint density at radius 3 is 3.11 bits per heavy atom. The minimum absolute atomic E-state index is 0.872. The maximum atomic E-state index is 4.66. The fraction of sp³-hybridized carbons (Fsp3) is 0.429. The highest BCUT2D eigenvalue weighted by Gasteiger charge is 2.12. The SMILES string of the molecule is Cn1ccnc1CCNc1ccc2c(n1)CCC2. The highest BCUT2D eigenvalue weighted by Crippen LogP contribution is 2.21. The number of nitrogens with zero attached hydrogens (tertiary/aromatic N) is 3. The van der Waals surface area contributed by atoms with Crippen molar-refractivity contribution in [1.29, 1.82) is 0 Å². The predicted octanol–water partition coefficient (Wildman–Crippen LogP) is 1.96. The average Bonchev–Trinajstić information content (AvgIpc) is 2.98. The van der Waals surface area contributed by atoms with E-state index in [1.807, 2.05) is 19.4 Å². The van der Waals surface area contributed by atoms with Gasteiger partial charge in [-0.2, -0.15) is 0 Å². The Morgan fingerprint density at radius 1 is 1.33 bits per heavy atom. The summed E-state index contributed by atoms with van der Waals surface area (Å²) in [7, 11) is 2.02. The van der Waals surface area contributed by atoms with Crippen LogP contribution in [0.25, 0.3) is 0 Å². The zero-order valence-electron chi connectivity index (χ0n) is 10.7. The molecule has 4 heteroatoms. The van der Waals surface area contributed by atoms with Gasteiger partial charge in [0.15, 0.2) is 0 Å². The second kappa shape index (κ2) is 4.80. The van der Waals surface area contributed by atoms with Gasteiger partial charge in [-0.3, -0.25) is 0 Å². The summed E-state index contributed by atoms with van der Waals surface area (Å²) >= 11 is 0. The van der Waals surface area contributed by atoms with Crippen LogP contribution >= 0.6 is 0 Å². The Bertz CT molecular complexity index is 544. The third kappa shape index (κ3) is 2.23. The molecule has 2 aromatic heterocycles. The molecule has 0 aromatic carbocycles. The lowest BCUT2D eigenvalue weighted by molar-refractivity contribution is 0.788. The normalized spacial score (nSPS) is 13.6. The van der Waals surface area contributed by atoms with Crippen molar-refractivity contribution in [2.24, 2.45) is 7.05 Å². The standard InChI is InChI=1S/C14H18N4/c1-18-10-9-16-14(18)7-8-15-13-6-5-11-3-2-4-12(11)17-13/h5-6,9-10H,2-4,7-8H2,1H3,(H,15,17). The highest BCUT2D eigenvalue weighted by molar-refractivity contribution is 5.40. The van der Waals surface area contributed by atoms with Crippen LogP contribution in [0.4, 0.5) is 5.82 Å². The van der Waals surface area contributed by atoms with Gasteiger partial charge in [0, 0.05) is 38.1 Å². The van der Waals surface area contributed by atoms with E-state index in [9.17, 15) is 0 Å². The molecular weight excluding hydrogens is 224 g/mol. The quantitative estimate of drug-likeness (QED) is 0.891. The largest absolute Gasteiger partial charge is 0.370 e. The summed E-state index contributed by atoms with van der Waals surface area (Å²) in [6, 6.07) is 4.29. The lowest BCUT2D eigenvalue weighted by atomic mass is 10.2. The molecule has 2 heterocycles. The number of nitrogens with one attached hydrogen (secondary N) is 1. The lowest BCUT2D eigenvalue weighted by Gasteiger charge is -2.07. The van der Waals surface area contributed by atoms with Crippen molar-refractivity contribution in [3.63, 3.8) is 0 Å². The molecule has 0 atom stereocenters. The monoisotopic (exact) mass is 242 g/mol. The van der Waals surface area contributed by atoms with Crippen LogP contribution in [0.5, 0.6) is 0 Å². The molecule has 0 fully saturated rings. The average molecular weight is 242 g/mol. The van der Waals surface area contributed by atoms with Crippen LogP contribution in [0, 0.1) is 0 Å². The molecule has 18 heavy (non-hydrogen) atoms. The number of anilines is 1. The van der Waals surface area contributed by atoms with Gasteiger partial charge in [-0.15, -0.1) is 0 Å². The van der Waals surface area contributed by atoms with E-state index in [4.69, 9.17) is 0 Å². The van der Waals surface area contributed by atoms with Crippen molar-refractivity contribution in [3.8, 4) is 0 Å². The molecule has 0 spiro atoms. The van der Waals surface area contributed by atoms with Crippen LogP contribution < -0.4 is 5.32 Å². The number of aromatic nitrogens is 3. The van der Waals surface area contributed by atoms with Gasteiger partial charge in [0.1, 0.15) is 11.6 Å². The molecule has 0 saturated carbocycles. The van der Waals surface area contributed by atoms with Gasteiger partial charge in [0.25, 0.3) is 0 Å². The first-order chi connectivity index (χ1) is 8.83. The van der Waals surface area contributed by atoms with Crippen molar-refractivity contribution in [1.82, 2.24) is 14.5 Å². The number of hydrogen-bond acceptors (Lipinski definition) is 3. The van der Waals surface area contributed by atoms with Gasteiger partial charge in [-0.25, -0.2) is 9.97 Å². The van der Waals surface area contributed by atoms with E-state index in [2.05, 4.69) is 32.0 Å². The summed E-state index contributed by atoms with van der Waals surface area (Å²) in [6.45, 7) is 0.872. The van der Waals surface area contributed by atoms with E-state index >= 15 is 0 Å². The first-order valence-electron chi connectivity index (χ1n) is 6.52. The number of imidazole rings is 1. The molecule has 1 aliphatic carbocycles. The van der Waals surface area contributed by atoms with E-state index in [1.54, 1.807) is 0 Å². The summed E-state index contributed by atoms with van der Waals surface area (Å²) in [5, 5.41) is 3.38. The summed E-state index contributed by atoms with van der Waals surface area (Å²) < 4.78 is 2.05. The number of aryl methyl sites for hydroxylation is 3. The maximum Gasteiger partial charge on any atom is 0.126 e. The van der Waals surface area contributed by atoms with Gasteiger partial charge in [0.2, 0.25) is 0 Å². The highest BCUT2D eigenvalue weighted by atomic mass is 15.0. The molecule has 2 aromatic rings. The van der Waals surface area contributed by atoms with Gasteiger partial charge in [-0.1, -0.05) is 6.07 Å². The Hall–Kier alpha value is -1.84. The summed E-state index contributed by atoms with van der Waals surface area (Å²) in [4.78, 5) is 8.96. The fourth-order valence-corrected chi connectivity index (χ4v) is 2.46. The van der Waals surface area contributed by atoms with E-state index in [-0.39, 0.29) is 0 Å². The smallest absolute Gasteiger partial charge is 0.126 e. The number of fused-ring (bicyclic) bond motifs is 1. The molecule has 3 rings (SSSR count). The molecule has 1 N–H and O–H groups in total. The maximum absolute atomic E-state index is 4.66. The van der Waals surface area contributed by atoms with Crippen molar-refractivity contribution < 1.29 is 0 Å². The van der Waals surface area contributed by atoms with Crippen LogP contribution in [-0.2, 0) is 26.3 Å². The molecule has 0 amide bonds. The summed E-state index contributed by atoms with van der Waals surface area (Å²) in [5.41, 5.74) is 2.70. The second-order valence-corrected chi connectivity index (χ2v) is 4.79. The minimum Gasteiger partial charge on any atom is -0.370 e. The number of rotatable bonds is 4. The van der Waals surface area contributed by atoms with Crippen molar-refractivity contribution >= 4 is 5.82 Å². The van der Waals surface area contributed by atoms with Crippen LogP contribution in [0.1, 0.15) is 23.5 Å². The van der Waals surface area contributed by atoms with Gasteiger partial charge in [-0.05, 0) is 30.9 Å².